The lowest BCUT2D eigenvalue weighted by molar-refractivity contribution is 0.0692. The number of hydrogen-bond donors (Lipinski definition) is 1. The van der Waals surface area contributed by atoms with E-state index in [9.17, 15) is 27.6 Å². The second-order valence-corrected chi connectivity index (χ2v) is 9.94. The van der Waals surface area contributed by atoms with Crippen LogP contribution in [-0.4, -0.2) is 74.3 Å². The van der Waals surface area contributed by atoms with Gasteiger partial charge in [-0.05, 0) is 18.2 Å². The molecule has 13 nitrogen and oxygen atoms in total. The SMILES string of the molecule is Cn1cc(S(=O)(=O)N2CCN(C(=O)c3ccc4c(=O)n(C)c(=O)n(C)c4n3)CC2)cc1C(N)=O. The minimum Gasteiger partial charge on any atom is -0.364 e. The molecule has 3 aromatic rings. The third kappa shape index (κ3) is 3.70. The molecule has 0 aromatic carbocycles. The van der Waals surface area contributed by atoms with Crippen molar-refractivity contribution in [2.45, 2.75) is 4.90 Å². The smallest absolute Gasteiger partial charge is 0.332 e. The van der Waals surface area contributed by atoms with Crippen LogP contribution in [0.2, 0.25) is 0 Å². The Kier molecular flexibility index (Phi) is 5.65. The van der Waals surface area contributed by atoms with Gasteiger partial charge in [-0.3, -0.25) is 23.5 Å². The van der Waals surface area contributed by atoms with Gasteiger partial charge in [0.2, 0.25) is 10.0 Å². The molecular weight excluding hydrogens is 466 g/mol. The van der Waals surface area contributed by atoms with Gasteiger partial charge in [-0.25, -0.2) is 18.2 Å². The molecular formula is C20H23N7O6S. The molecule has 0 spiro atoms. The maximum absolute atomic E-state index is 13.0. The average Bonchev–Trinajstić information content (AvgIpc) is 3.23. The first-order valence-electron chi connectivity index (χ1n) is 10.3. The van der Waals surface area contributed by atoms with Crippen LogP contribution in [0, 0.1) is 0 Å². The number of fused-ring (bicyclic) bond motifs is 1. The van der Waals surface area contributed by atoms with Gasteiger partial charge in [0.1, 0.15) is 21.9 Å². The van der Waals surface area contributed by atoms with E-state index in [-0.39, 0.29) is 53.5 Å². The van der Waals surface area contributed by atoms with Gasteiger partial charge in [-0.1, -0.05) is 0 Å². The van der Waals surface area contributed by atoms with E-state index in [4.69, 9.17) is 5.73 Å². The molecule has 1 saturated heterocycles. The number of aromatic nitrogens is 4. The summed E-state index contributed by atoms with van der Waals surface area (Å²) < 4.78 is 30.7. The summed E-state index contributed by atoms with van der Waals surface area (Å²) in [4.78, 5) is 54.6. The van der Waals surface area contributed by atoms with E-state index in [1.54, 1.807) is 0 Å². The van der Waals surface area contributed by atoms with Gasteiger partial charge in [0.05, 0.1) is 5.39 Å². The first kappa shape index (κ1) is 23.4. The van der Waals surface area contributed by atoms with Crippen molar-refractivity contribution in [1.82, 2.24) is 27.9 Å². The maximum atomic E-state index is 13.0. The number of nitrogens with two attached hydrogens (primary N) is 1. The largest absolute Gasteiger partial charge is 0.364 e. The molecule has 4 heterocycles. The van der Waals surface area contributed by atoms with Crippen molar-refractivity contribution in [2.75, 3.05) is 26.2 Å². The Morgan fingerprint density at radius 2 is 1.65 bits per heavy atom. The third-order valence-corrected chi connectivity index (χ3v) is 7.78. The number of pyridine rings is 1. The molecule has 34 heavy (non-hydrogen) atoms. The maximum Gasteiger partial charge on any atom is 0.332 e. The van der Waals surface area contributed by atoms with E-state index in [1.807, 2.05) is 0 Å². The van der Waals surface area contributed by atoms with Crippen molar-refractivity contribution in [2.24, 2.45) is 26.9 Å². The lowest BCUT2D eigenvalue weighted by Crippen LogP contribution is -2.50. The lowest BCUT2D eigenvalue weighted by Gasteiger charge is -2.33. The number of carbonyl (C=O) groups is 2. The van der Waals surface area contributed by atoms with Gasteiger partial charge in [-0.15, -0.1) is 0 Å². The summed E-state index contributed by atoms with van der Waals surface area (Å²) in [6, 6.07) is 4.08. The molecule has 1 aliphatic heterocycles. The summed E-state index contributed by atoms with van der Waals surface area (Å²) in [5.74, 6) is -1.18. The number of nitrogens with zero attached hydrogens (tertiary/aromatic N) is 6. The molecule has 0 atom stereocenters. The Hall–Kier alpha value is -3.78. The summed E-state index contributed by atoms with van der Waals surface area (Å²) >= 11 is 0. The number of carbonyl (C=O) groups excluding carboxylic acids is 2. The van der Waals surface area contributed by atoms with Crippen LogP contribution >= 0.6 is 0 Å². The molecule has 2 N–H and O–H groups in total. The molecule has 0 unspecified atom stereocenters. The van der Waals surface area contributed by atoms with Gasteiger partial charge in [0.25, 0.3) is 17.4 Å². The van der Waals surface area contributed by atoms with E-state index >= 15 is 0 Å². The van der Waals surface area contributed by atoms with Crippen molar-refractivity contribution in [3.8, 4) is 0 Å². The molecule has 14 heteroatoms. The van der Waals surface area contributed by atoms with Crippen LogP contribution in [0.15, 0.2) is 38.9 Å². The minimum atomic E-state index is -3.88. The number of amides is 2. The van der Waals surface area contributed by atoms with Crippen LogP contribution in [0.25, 0.3) is 11.0 Å². The highest BCUT2D eigenvalue weighted by Gasteiger charge is 2.32. The van der Waals surface area contributed by atoms with E-state index in [0.717, 1.165) is 4.57 Å². The zero-order chi connectivity index (χ0) is 24.9. The summed E-state index contributed by atoms with van der Waals surface area (Å²) in [5, 5.41) is 0.204. The van der Waals surface area contributed by atoms with Crippen molar-refractivity contribution in [3.05, 3.63) is 56.6 Å². The quantitative estimate of drug-likeness (QED) is 0.453. The van der Waals surface area contributed by atoms with Crippen LogP contribution in [0.5, 0.6) is 0 Å². The van der Waals surface area contributed by atoms with Gasteiger partial charge in [-0.2, -0.15) is 4.31 Å². The normalized spacial score (nSPS) is 15.1. The Bertz CT molecular complexity index is 1560. The average molecular weight is 490 g/mol. The molecule has 4 rings (SSSR count). The number of aryl methyl sites for hydroxylation is 2. The van der Waals surface area contributed by atoms with E-state index < -0.39 is 33.1 Å². The highest BCUT2D eigenvalue weighted by atomic mass is 32.2. The number of sulfonamides is 1. The van der Waals surface area contributed by atoms with Crippen LogP contribution in [0.3, 0.4) is 0 Å². The highest BCUT2D eigenvalue weighted by molar-refractivity contribution is 7.89. The van der Waals surface area contributed by atoms with Crippen LogP contribution < -0.4 is 17.0 Å². The molecule has 0 saturated carbocycles. The summed E-state index contributed by atoms with van der Waals surface area (Å²) in [5.41, 5.74) is 4.40. The topological polar surface area (TPSA) is 163 Å². The monoisotopic (exact) mass is 489 g/mol. The van der Waals surface area contributed by atoms with E-state index in [0.29, 0.717) is 0 Å². The molecule has 1 fully saturated rings. The fourth-order valence-corrected chi connectivity index (χ4v) is 5.43. The predicted octanol–water partition coefficient (Wildman–Crippen LogP) is -1.78. The van der Waals surface area contributed by atoms with Crippen molar-refractivity contribution in [1.29, 1.82) is 0 Å². The number of piperazine rings is 1. The van der Waals surface area contributed by atoms with Gasteiger partial charge < -0.3 is 15.2 Å². The molecule has 180 valence electrons. The Morgan fingerprint density at radius 1 is 1.00 bits per heavy atom. The predicted molar refractivity (Wildman–Crippen MR) is 121 cm³/mol. The second-order valence-electron chi connectivity index (χ2n) is 8.01. The first-order valence-corrected chi connectivity index (χ1v) is 11.7. The van der Waals surface area contributed by atoms with E-state index in [1.165, 1.54) is 63.9 Å². The number of hydrogen-bond acceptors (Lipinski definition) is 7. The lowest BCUT2D eigenvalue weighted by atomic mass is 10.2. The summed E-state index contributed by atoms with van der Waals surface area (Å²) in [6.45, 7) is 0.314. The molecule has 3 aromatic heterocycles. The Morgan fingerprint density at radius 3 is 2.24 bits per heavy atom. The zero-order valence-electron chi connectivity index (χ0n) is 18.8. The molecule has 1 aliphatic rings. The second kappa shape index (κ2) is 8.22. The number of rotatable bonds is 4. The summed E-state index contributed by atoms with van der Waals surface area (Å²) in [7, 11) is 0.465. The van der Waals surface area contributed by atoms with Crippen molar-refractivity contribution >= 4 is 32.9 Å². The van der Waals surface area contributed by atoms with Gasteiger partial charge in [0, 0.05) is 53.5 Å². The summed E-state index contributed by atoms with van der Waals surface area (Å²) in [6.07, 6.45) is 1.32. The van der Waals surface area contributed by atoms with Gasteiger partial charge in [0.15, 0.2) is 0 Å². The highest BCUT2D eigenvalue weighted by Crippen LogP contribution is 2.20. The fraction of sp³-hybridized carbons (Fsp3) is 0.350. The first-order chi connectivity index (χ1) is 15.9. The molecule has 0 bridgehead atoms. The van der Waals surface area contributed by atoms with Crippen LogP contribution in [0.4, 0.5) is 0 Å². The zero-order valence-corrected chi connectivity index (χ0v) is 19.6. The molecule has 0 radical (unpaired) electrons. The molecule has 0 aliphatic carbocycles. The Labute approximate surface area is 193 Å². The fourth-order valence-electron chi connectivity index (χ4n) is 3.94. The standard InChI is InChI=1S/C20H23N7O6S/c1-23-11-12(10-15(23)16(21)28)34(32,33)27-8-6-26(7-9-27)19(30)14-5-4-13-17(22-14)24(2)20(31)25(3)18(13)29/h4-5,10-11H,6-9H2,1-3H3,(H2,21,28). The third-order valence-electron chi connectivity index (χ3n) is 5.92. The van der Waals surface area contributed by atoms with Gasteiger partial charge >= 0.3 is 5.69 Å². The van der Waals surface area contributed by atoms with E-state index in [2.05, 4.69) is 4.98 Å². The van der Waals surface area contributed by atoms with Crippen LogP contribution in [-0.2, 0) is 31.2 Å². The minimum absolute atomic E-state index is 0.0428. The van der Waals surface area contributed by atoms with Crippen molar-refractivity contribution < 1.29 is 18.0 Å². The number of primary amides is 1. The van der Waals surface area contributed by atoms with Crippen molar-refractivity contribution in [3.63, 3.8) is 0 Å². The Balaban J connectivity index is 1.54. The van der Waals surface area contributed by atoms with Crippen LogP contribution in [0.1, 0.15) is 21.0 Å². The molecule has 2 amide bonds.